The van der Waals surface area contributed by atoms with E-state index in [1.807, 2.05) is 20.8 Å². The van der Waals surface area contributed by atoms with Crippen molar-refractivity contribution in [2.45, 2.75) is 66.2 Å². The highest BCUT2D eigenvalue weighted by Crippen LogP contribution is 2.65. The van der Waals surface area contributed by atoms with Crippen LogP contribution in [0.4, 0.5) is 0 Å². The highest BCUT2D eigenvalue weighted by molar-refractivity contribution is 5.75. The maximum Gasteiger partial charge on any atom is 0.313 e. The minimum absolute atomic E-state index is 0.114. The van der Waals surface area contributed by atoms with Crippen molar-refractivity contribution in [3.8, 4) is 0 Å². The van der Waals surface area contributed by atoms with Crippen LogP contribution < -0.4 is 0 Å². The summed E-state index contributed by atoms with van der Waals surface area (Å²) in [4.78, 5) is 11.9. The van der Waals surface area contributed by atoms with Crippen LogP contribution in [0.15, 0.2) is 0 Å². The van der Waals surface area contributed by atoms with Gasteiger partial charge in [-0.25, -0.2) is 0 Å². The number of hydrogen-bond donors (Lipinski definition) is 0. The summed E-state index contributed by atoms with van der Waals surface area (Å²) >= 11 is 0. The number of esters is 1. The fourth-order valence-corrected chi connectivity index (χ4v) is 5.44. The van der Waals surface area contributed by atoms with Gasteiger partial charge in [-0.05, 0) is 75.0 Å². The van der Waals surface area contributed by atoms with Crippen molar-refractivity contribution in [1.82, 2.24) is 0 Å². The van der Waals surface area contributed by atoms with Crippen LogP contribution in [0, 0.1) is 34.5 Å². The van der Waals surface area contributed by atoms with Gasteiger partial charge in [-0.3, -0.25) is 4.79 Å². The van der Waals surface area contributed by atoms with E-state index in [4.69, 9.17) is 9.47 Å². The number of carbonyl (C=O) groups is 1. The van der Waals surface area contributed by atoms with Crippen LogP contribution >= 0.6 is 0 Å². The van der Waals surface area contributed by atoms with Crippen LogP contribution in [0.25, 0.3) is 0 Å². The van der Waals surface area contributed by atoms with E-state index >= 15 is 0 Å². The molecule has 0 spiro atoms. The lowest BCUT2D eigenvalue weighted by atomic mass is 9.67. The number of rotatable bonds is 6. The molecular formula is C19H32O3. The molecule has 0 aromatic rings. The molecular weight excluding hydrogens is 276 g/mol. The van der Waals surface area contributed by atoms with Gasteiger partial charge in [0.25, 0.3) is 0 Å². The second kappa shape index (κ2) is 5.81. The smallest absolute Gasteiger partial charge is 0.313 e. The number of fused-ring (bicyclic) bond motifs is 5. The average Bonchev–Trinajstić information content (AvgIpc) is 3.14. The molecule has 3 aliphatic carbocycles. The van der Waals surface area contributed by atoms with Gasteiger partial charge in [0.05, 0.1) is 12.0 Å². The van der Waals surface area contributed by atoms with E-state index in [2.05, 4.69) is 6.92 Å². The Morgan fingerprint density at radius 2 is 2.00 bits per heavy atom. The van der Waals surface area contributed by atoms with Gasteiger partial charge in [-0.1, -0.05) is 20.3 Å². The third kappa shape index (κ3) is 2.70. The van der Waals surface area contributed by atoms with Crippen LogP contribution in [0.3, 0.4) is 0 Å². The predicted octanol–water partition coefficient (Wildman–Crippen LogP) is 4.40. The Hall–Kier alpha value is -0.570. The predicted molar refractivity (Wildman–Crippen MR) is 86.1 cm³/mol. The molecule has 5 atom stereocenters. The van der Waals surface area contributed by atoms with E-state index in [0.717, 1.165) is 36.7 Å². The van der Waals surface area contributed by atoms with Crippen LogP contribution in [0.5, 0.6) is 0 Å². The van der Waals surface area contributed by atoms with Crippen molar-refractivity contribution in [1.29, 1.82) is 0 Å². The van der Waals surface area contributed by atoms with Crippen molar-refractivity contribution in [3.63, 3.8) is 0 Å². The van der Waals surface area contributed by atoms with Gasteiger partial charge in [0.1, 0.15) is 0 Å². The fourth-order valence-electron chi connectivity index (χ4n) is 5.44. The highest BCUT2D eigenvalue weighted by Gasteiger charge is 2.58. The van der Waals surface area contributed by atoms with E-state index in [-0.39, 0.29) is 12.8 Å². The molecule has 0 aromatic heterocycles. The Labute approximate surface area is 135 Å². The lowest BCUT2D eigenvalue weighted by molar-refractivity contribution is -0.170. The molecule has 0 aliphatic heterocycles. The lowest BCUT2D eigenvalue weighted by Gasteiger charge is -2.40. The molecule has 3 fully saturated rings. The standard InChI is InChI=1S/C19H32O3/c1-5-18(2,3)17(20)22-12-21-11-19(4)10-13-9-16(19)15-8-6-7-14(13)15/h13-16H,5-12H2,1-4H3. The monoisotopic (exact) mass is 308 g/mol. The van der Waals surface area contributed by atoms with E-state index in [9.17, 15) is 4.79 Å². The summed E-state index contributed by atoms with van der Waals surface area (Å²) in [5.41, 5.74) is -0.0976. The van der Waals surface area contributed by atoms with Crippen molar-refractivity contribution in [2.75, 3.05) is 13.4 Å². The van der Waals surface area contributed by atoms with Gasteiger partial charge in [0.15, 0.2) is 6.79 Å². The molecule has 2 bridgehead atoms. The van der Waals surface area contributed by atoms with E-state index in [1.54, 1.807) is 0 Å². The first-order chi connectivity index (χ1) is 10.4. The first-order valence-corrected chi connectivity index (χ1v) is 9.12. The summed E-state index contributed by atoms with van der Waals surface area (Å²) in [6.07, 6.45) is 7.85. The molecule has 3 aliphatic rings. The first kappa shape index (κ1) is 16.3. The third-order valence-corrected chi connectivity index (χ3v) is 7.07. The molecule has 126 valence electrons. The fraction of sp³-hybridized carbons (Fsp3) is 0.947. The van der Waals surface area contributed by atoms with Gasteiger partial charge in [0, 0.05) is 0 Å². The Bertz CT molecular complexity index is 430. The van der Waals surface area contributed by atoms with Crippen LogP contribution in [0.2, 0.25) is 0 Å². The average molecular weight is 308 g/mol. The normalized spacial score (nSPS) is 40.0. The van der Waals surface area contributed by atoms with Crippen LogP contribution in [-0.4, -0.2) is 19.4 Å². The molecule has 0 amide bonds. The Kier molecular flexibility index (Phi) is 4.30. The molecule has 0 aromatic carbocycles. The molecule has 3 heteroatoms. The lowest BCUT2D eigenvalue weighted by Crippen LogP contribution is -2.37. The van der Waals surface area contributed by atoms with Gasteiger partial charge >= 0.3 is 5.97 Å². The van der Waals surface area contributed by atoms with E-state index < -0.39 is 5.41 Å². The molecule has 3 rings (SSSR count). The number of hydrogen-bond acceptors (Lipinski definition) is 3. The molecule has 22 heavy (non-hydrogen) atoms. The number of carbonyl (C=O) groups excluding carboxylic acids is 1. The summed E-state index contributed by atoms with van der Waals surface area (Å²) in [5.74, 6) is 3.60. The first-order valence-electron chi connectivity index (χ1n) is 9.12. The Morgan fingerprint density at radius 3 is 2.73 bits per heavy atom. The zero-order valence-corrected chi connectivity index (χ0v) is 14.7. The van der Waals surface area contributed by atoms with Crippen molar-refractivity contribution in [3.05, 3.63) is 0 Å². The van der Waals surface area contributed by atoms with Crippen molar-refractivity contribution >= 4 is 5.97 Å². The van der Waals surface area contributed by atoms with Crippen molar-refractivity contribution in [2.24, 2.45) is 34.5 Å². The third-order valence-electron chi connectivity index (χ3n) is 7.07. The summed E-state index contributed by atoms with van der Waals surface area (Å²) in [5, 5.41) is 0. The molecule has 3 nitrogen and oxygen atoms in total. The second-order valence-electron chi connectivity index (χ2n) is 8.85. The summed E-state index contributed by atoms with van der Waals surface area (Å²) < 4.78 is 11.1. The van der Waals surface area contributed by atoms with Crippen LogP contribution in [0.1, 0.15) is 66.2 Å². The zero-order valence-electron chi connectivity index (χ0n) is 14.7. The molecule has 3 saturated carbocycles. The summed E-state index contributed by atoms with van der Waals surface area (Å²) in [7, 11) is 0. The minimum Gasteiger partial charge on any atom is -0.438 e. The number of ether oxygens (including phenoxy) is 2. The highest BCUT2D eigenvalue weighted by atomic mass is 16.7. The van der Waals surface area contributed by atoms with Crippen molar-refractivity contribution < 1.29 is 14.3 Å². The maximum absolute atomic E-state index is 11.9. The Morgan fingerprint density at radius 1 is 1.27 bits per heavy atom. The maximum atomic E-state index is 11.9. The molecule has 0 radical (unpaired) electrons. The van der Waals surface area contributed by atoms with Crippen LogP contribution in [-0.2, 0) is 14.3 Å². The minimum atomic E-state index is -0.406. The van der Waals surface area contributed by atoms with Gasteiger partial charge in [0.2, 0.25) is 0 Å². The molecule has 5 unspecified atom stereocenters. The SMILES string of the molecule is CCC(C)(C)C(=O)OCOCC1(C)CC2CC1C1CCCC21. The molecule has 0 N–H and O–H groups in total. The van der Waals surface area contributed by atoms with E-state index in [0.29, 0.717) is 5.41 Å². The summed E-state index contributed by atoms with van der Waals surface area (Å²) in [6, 6.07) is 0. The topological polar surface area (TPSA) is 35.5 Å². The van der Waals surface area contributed by atoms with Gasteiger partial charge in [-0.2, -0.15) is 0 Å². The van der Waals surface area contributed by atoms with Gasteiger partial charge in [-0.15, -0.1) is 0 Å². The second-order valence-corrected chi connectivity index (χ2v) is 8.85. The Balaban J connectivity index is 1.46. The quantitative estimate of drug-likeness (QED) is 0.414. The molecule has 0 saturated heterocycles. The summed E-state index contributed by atoms with van der Waals surface area (Å²) in [6.45, 7) is 9.11. The van der Waals surface area contributed by atoms with Gasteiger partial charge < -0.3 is 9.47 Å². The largest absolute Gasteiger partial charge is 0.438 e. The molecule has 0 heterocycles. The van der Waals surface area contributed by atoms with E-state index in [1.165, 1.54) is 32.1 Å². The zero-order chi connectivity index (χ0) is 16.0.